The molecule has 1 saturated heterocycles. The van der Waals surface area contributed by atoms with Gasteiger partial charge in [-0.3, -0.25) is 9.59 Å². The van der Waals surface area contributed by atoms with E-state index in [9.17, 15) is 14.7 Å². The molecule has 0 bridgehead atoms. The zero-order valence-corrected chi connectivity index (χ0v) is 18.7. The van der Waals surface area contributed by atoms with Crippen molar-refractivity contribution in [2.24, 2.45) is 0 Å². The second kappa shape index (κ2) is 9.98. The summed E-state index contributed by atoms with van der Waals surface area (Å²) < 4.78 is 5.34. The summed E-state index contributed by atoms with van der Waals surface area (Å²) in [5.41, 5.74) is 1.20. The number of ether oxygens (including phenoxy) is 1. The molecule has 1 heterocycles. The summed E-state index contributed by atoms with van der Waals surface area (Å²) in [6.07, 6.45) is 0. The molecule has 7 heteroatoms. The summed E-state index contributed by atoms with van der Waals surface area (Å²) in [6, 6.07) is 13.0. The molecule has 2 aromatic carbocycles. The molecule has 164 valence electrons. The summed E-state index contributed by atoms with van der Waals surface area (Å²) in [5.74, 6) is -0.915. The maximum atomic E-state index is 13.0. The van der Waals surface area contributed by atoms with Crippen molar-refractivity contribution >= 4 is 29.1 Å². The van der Waals surface area contributed by atoms with Crippen molar-refractivity contribution < 1.29 is 19.4 Å². The molecule has 1 aliphatic rings. The topological polar surface area (TPSA) is 70.1 Å². The number of Topliss-reactive ketones (excluding diaryl/α,β-unsaturated/α-hetero) is 1. The number of ketones is 1. The molecular formula is C24H27ClN2O4. The van der Waals surface area contributed by atoms with Crippen molar-refractivity contribution in [3.05, 3.63) is 70.3 Å². The van der Waals surface area contributed by atoms with Crippen molar-refractivity contribution in [1.29, 1.82) is 0 Å². The predicted molar refractivity (Wildman–Crippen MR) is 121 cm³/mol. The third-order valence-electron chi connectivity index (χ3n) is 5.62. The van der Waals surface area contributed by atoms with Gasteiger partial charge in [-0.1, -0.05) is 37.6 Å². The van der Waals surface area contributed by atoms with Crippen LogP contribution < -0.4 is 4.74 Å². The fraction of sp³-hybridized carbons (Fsp3) is 0.333. The molecular weight excluding hydrogens is 416 g/mol. The maximum Gasteiger partial charge on any atom is 0.295 e. The zero-order chi connectivity index (χ0) is 22.5. The minimum absolute atomic E-state index is 0.0696. The van der Waals surface area contributed by atoms with E-state index >= 15 is 0 Å². The van der Waals surface area contributed by atoms with Crippen LogP contribution in [-0.2, 0) is 9.59 Å². The number of halogens is 1. The Balaban J connectivity index is 2.11. The lowest BCUT2D eigenvalue weighted by Crippen LogP contribution is -2.38. The van der Waals surface area contributed by atoms with Crippen LogP contribution in [0.2, 0.25) is 5.02 Å². The van der Waals surface area contributed by atoms with Crippen LogP contribution in [0.5, 0.6) is 5.75 Å². The molecule has 2 aromatic rings. The fourth-order valence-electron chi connectivity index (χ4n) is 3.82. The number of likely N-dealkylation sites (N-methyl/N-ethyl adjacent to an activating group) is 1. The van der Waals surface area contributed by atoms with Gasteiger partial charge in [0.05, 0.1) is 18.7 Å². The van der Waals surface area contributed by atoms with Gasteiger partial charge in [-0.05, 0) is 55.1 Å². The molecule has 3 rings (SSSR count). The van der Waals surface area contributed by atoms with Crippen molar-refractivity contribution in [3.63, 3.8) is 0 Å². The lowest BCUT2D eigenvalue weighted by molar-refractivity contribution is -0.140. The normalized spacial score (nSPS) is 18.1. The van der Waals surface area contributed by atoms with Gasteiger partial charge in [-0.2, -0.15) is 0 Å². The number of carbonyl (C=O) groups excluding carboxylic acids is 2. The Morgan fingerprint density at radius 3 is 2.42 bits per heavy atom. The van der Waals surface area contributed by atoms with Crippen molar-refractivity contribution in [2.75, 3.05) is 33.3 Å². The Morgan fingerprint density at radius 2 is 1.81 bits per heavy atom. The van der Waals surface area contributed by atoms with Gasteiger partial charge >= 0.3 is 0 Å². The second-order valence-electron chi connectivity index (χ2n) is 7.30. The molecule has 31 heavy (non-hydrogen) atoms. The summed E-state index contributed by atoms with van der Waals surface area (Å²) in [6.45, 7) is 6.78. The van der Waals surface area contributed by atoms with E-state index < -0.39 is 17.7 Å². The van der Waals surface area contributed by atoms with Crippen molar-refractivity contribution in [2.45, 2.75) is 19.9 Å². The van der Waals surface area contributed by atoms with E-state index in [1.54, 1.807) is 49.6 Å². The van der Waals surface area contributed by atoms with Crippen LogP contribution in [0.1, 0.15) is 31.0 Å². The van der Waals surface area contributed by atoms with Crippen LogP contribution in [0, 0.1) is 0 Å². The SMILES string of the molecule is CCN(CC)CCN1C(=O)C(=O)/C(=C(/O)c2ccc(Cl)cc2)[C@@H]1c1cccc(OC)c1. The zero-order valence-electron chi connectivity index (χ0n) is 18.0. The Kier molecular flexibility index (Phi) is 7.36. The van der Waals surface area contributed by atoms with Gasteiger partial charge in [0.25, 0.3) is 11.7 Å². The van der Waals surface area contributed by atoms with Crippen LogP contribution in [-0.4, -0.2) is 59.9 Å². The van der Waals surface area contributed by atoms with E-state index in [4.69, 9.17) is 16.3 Å². The molecule has 6 nitrogen and oxygen atoms in total. The van der Waals surface area contributed by atoms with Gasteiger partial charge in [0.15, 0.2) is 0 Å². The second-order valence-corrected chi connectivity index (χ2v) is 7.74. The van der Waals surface area contributed by atoms with Gasteiger partial charge < -0.3 is 19.6 Å². The minimum Gasteiger partial charge on any atom is -0.507 e. The molecule has 0 aromatic heterocycles. The van der Waals surface area contributed by atoms with Gasteiger partial charge in [-0.25, -0.2) is 0 Å². The number of amides is 1. The van der Waals surface area contributed by atoms with E-state index in [1.165, 1.54) is 4.90 Å². The molecule has 1 N–H and O–H groups in total. The highest BCUT2D eigenvalue weighted by Gasteiger charge is 2.46. The molecule has 0 unspecified atom stereocenters. The van der Waals surface area contributed by atoms with E-state index in [0.29, 0.717) is 35.0 Å². The molecule has 0 saturated carbocycles. The number of aliphatic hydroxyl groups is 1. The first-order valence-electron chi connectivity index (χ1n) is 10.3. The molecule has 0 aliphatic carbocycles. The number of likely N-dealkylation sites (tertiary alicyclic amines) is 1. The number of carbonyl (C=O) groups is 2. The van der Waals surface area contributed by atoms with Crippen LogP contribution in [0.15, 0.2) is 54.1 Å². The Morgan fingerprint density at radius 1 is 1.13 bits per heavy atom. The molecule has 0 spiro atoms. The highest BCUT2D eigenvalue weighted by Crippen LogP contribution is 2.40. The Labute approximate surface area is 187 Å². The molecule has 1 amide bonds. The van der Waals surface area contributed by atoms with Gasteiger partial charge in [0.2, 0.25) is 0 Å². The standard InChI is InChI=1S/C24H27ClN2O4/c1-4-26(5-2)13-14-27-21(17-7-6-8-19(15-17)31-3)20(23(29)24(27)30)22(28)16-9-11-18(25)12-10-16/h6-12,15,21,28H,4-5,13-14H2,1-3H3/b22-20+/t21-/m0/s1. The minimum atomic E-state index is -0.707. The third-order valence-corrected chi connectivity index (χ3v) is 5.87. The quantitative estimate of drug-likeness (QED) is 0.378. The largest absolute Gasteiger partial charge is 0.507 e. The highest BCUT2D eigenvalue weighted by molar-refractivity contribution is 6.46. The average Bonchev–Trinajstić information content (AvgIpc) is 3.04. The average molecular weight is 443 g/mol. The summed E-state index contributed by atoms with van der Waals surface area (Å²) in [4.78, 5) is 29.8. The van der Waals surface area contributed by atoms with E-state index in [0.717, 1.165) is 13.1 Å². The lowest BCUT2D eigenvalue weighted by Gasteiger charge is -2.28. The van der Waals surface area contributed by atoms with Gasteiger partial charge in [0, 0.05) is 23.7 Å². The first-order chi connectivity index (χ1) is 14.9. The maximum absolute atomic E-state index is 13.0. The number of hydrogen-bond donors (Lipinski definition) is 1. The van der Waals surface area contributed by atoms with Gasteiger partial charge in [0.1, 0.15) is 11.5 Å². The molecule has 1 fully saturated rings. The molecule has 0 radical (unpaired) electrons. The smallest absolute Gasteiger partial charge is 0.295 e. The van der Waals surface area contributed by atoms with Crippen molar-refractivity contribution in [1.82, 2.24) is 9.80 Å². The Bertz CT molecular complexity index is 983. The monoisotopic (exact) mass is 442 g/mol. The predicted octanol–water partition coefficient (Wildman–Crippen LogP) is 4.11. The number of benzene rings is 2. The van der Waals surface area contributed by atoms with E-state index in [-0.39, 0.29) is 11.3 Å². The van der Waals surface area contributed by atoms with Crippen LogP contribution in [0.4, 0.5) is 0 Å². The first-order valence-corrected chi connectivity index (χ1v) is 10.7. The molecule has 1 aliphatic heterocycles. The van der Waals surface area contributed by atoms with E-state index in [2.05, 4.69) is 18.7 Å². The highest BCUT2D eigenvalue weighted by atomic mass is 35.5. The number of rotatable bonds is 8. The lowest BCUT2D eigenvalue weighted by atomic mass is 9.95. The Hall–Kier alpha value is -2.83. The third kappa shape index (κ3) is 4.75. The summed E-state index contributed by atoms with van der Waals surface area (Å²) >= 11 is 5.96. The molecule has 1 atom stereocenters. The van der Waals surface area contributed by atoms with Gasteiger partial charge in [-0.15, -0.1) is 0 Å². The summed E-state index contributed by atoms with van der Waals surface area (Å²) in [7, 11) is 1.56. The number of hydrogen-bond acceptors (Lipinski definition) is 5. The number of nitrogens with zero attached hydrogens (tertiary/aromatic N) is 2. The fourth-order valence-corrected chi connectivity index (χ4v) is 3.95. The van der Waals surface area contributed by atoms with Crippen LogP contribution in [0.3, 0.4) is 0 Å². The van der Waals surface area contributed by atoms with Crippen molar-refractivity contribution in [3.8, 4) is 5.75 Å². The summed E-state index contributed by atoms with van der Waals surface area (Å²) in [5, 5.41) is 11.6. The van der Waals surface area contributed by atoms with E-state index in [1.807, 2.05) is 6.07 Å². The number of aliphatic hydroxyl groups excluding tert-OH is 1. The van der Waals surface area contributed by atoms with Crippen LogP contribution >= 0.6 is 11.6 Å². The first kappa shape index (κ1) is 22.8. The number of methoxy groups -OCH3 is 1. The van der Waals surface area contributed by atoms with Crippen LogP contribution in [0.25, 0.3) is 5.76 Å².